The molecule has 5 heteroatoms. The number of para-hydroxylation sites is 2. The fourth-order valence-corrected chi connectivity index (χ4v) is 3.84. The first-order chi connectivity index (χ1) is 10.8. The third-order valence-electron chi connectivity index (χ3n) is 3.96. The Labute approximate surface area is 134 Å². The van der Waals surface area contributed by atoms with E-state index in [1.807, 2.05) is 24.3 Å². The maximum absolute atomic E-state index is 12.3. The number of benzene rings is 1. The molecule has 1 aromatic heterocycles. The number of nitrogens with zero attached hydrogens (tertiary/aromatic N) is 1. The highest BCUT2D eigenvalue weighted by atomic mass is 32.1. The lowest BCUT2D eigenvalue weighted by Crippen LogP contribution is -2.32. The van der Waals surface area contributed by atoms with E-state index in [1.165, 1.54) is 4.88 Å². The molecule has 4 nitrogen and oxygen atoms in total. The molecule has 1 aliphatic rings. The summed E-state index contributed by atoms with van der Waals surface area (Å²) in [5.41, 5.74) is 0.724. The average Bonchev–Trinajstić information content (AvgIpc) is 3.18. The normalized spacial score (nSPS) is 18.3. The second-order valence-corrected chi connectivity index (χ2v) is 6.37. The Hall–Kier alpha value is -1.85. The van der Waals surface area contributed by atoms with Gasteiger partial charge < -0.3 is 10.1 Å². The van der Waals surface area contributed by atoms with E-state index in [0.29, 0.717) is 18.3 Å². The van der Waals surface area contributed by atoms with E-state index in [-0.39, 0.29) is 5.91 Å². The van der Waals surface area contributed by atoms with Gasteiger partial charge in [-0.25, -0.2) is 0 Å². The molecule has 0 radical (unpaired) electrons. The number of carbonyl (C=O) groups excluding carboxylic acids is 1. The van der Waals surface area contributed by atoms with Gasteiger partial charge in [-0.15, -0.1) is 11.3 Å². The van der Waals surface area contributed by atoms with Crippen molar-refractivity contribution >= 4 is 22.9 Å². The van der Waals surface area contributed by atoms with Gasteiger partial charge in [0.25, 0.3) is 0 Å². The monoisotopic (exact) mass is 316 g/mol. The van der Waals surface area contributed by atoms with Gasteiger partial charge in [0, 0.05) is 10.9 Å². The van der Waals surface area contributed by atoms with Crippen LogP contribution in [-0.4, -0.2) is 31.0 Å². The zero-order valence-corrected chi connectivity index (χ0v) is 13.4. The van der Waals surface area contributed by atoms with Crippen LogP contribution in [0.15, 0.2) is 41.8 Å². The van der Waals surface area contributed by atoms with Crippen LogP contribution in [0.2, 0.25) is 0 Å². The summed E-state index contributed by atoms with van der Waals surface area (Å²) in [7, 11) is 1.61. The highest BCUT2D eigenvalue weighted by Crippen LogP contribution is 2.34. The lowest BCUT2D eigenvalue weighted by Gasteiger charge is -2.23. The van der Waals surface area contributed by atoms with E-state index < -0.39 is 0 Å². The number of anilines is 1. The van der Waals surface area contributed by atoms with E-state index in [2.05, 4.69) is 27.7 Å². The summed E-state index contributed by atoms with van der Waals surface area (Å²) in [4.78, 5) is 16.0. The van der Waals surface area contributed by atoms with Gasteiger partial charge in [-0.05, 0) is 43.0 Å². The van der Waals surface area contributed by atoms with Gasteiger partial charge in [0.15, 0.2) is 0 Å². The third kappa shape index (κ3) is 3.31. The maximum Gasteiger partial charge on any atom is 0.238 e. The smallest absolute Gasteiger partial charge is 0.238 e. The van der Waals surface area contributed by atoms with Crippen LogP contribution in [0, 0.1) is 0 Å². The molecule has 1 N–H and O–H groups in total. The highest BCUT2D eigenvalue weighted by Gasteiger charge is 2.28. The molecule has 3 rings (SSSR count). The van der Waals surface area contributed by atoms with Crippen molar-refractivity contribution in [3.63, 3.8) is 0 Å². The molecule has 1 saturated heterocycles. The predicted octanol–water partition coefficient (Wildman–Crippen LogP) is 3.53. The molecular weight excluding hydrogens is 296 g/mol. The van der Waals surface area contributed by atoms with Gasteiger partial charge in [0.1, 0.15) is 5.75 Å². The molecule has 0 saturated carbocycles. The maximum atomic E-state index is 12.3. The summed E-state index contributed by atoms with van der Waals surface area (Å²) >= 11 is 1.77. The van der Waals surface area contributed by atoms with Crippen LogP contribution in [0.3, 0.4) is 0 Å². The second-order valence-electron chi connectivity index (χ2n) is 5.39. The quantitative estimate of drug-likeness (QED) is 0.917. The van der Waals surface area contributed by atoms with Crippen LogP contribution < -0.4 is 10.1 Å². The molecule has 0 unspecified atom stereocenters. The van der Waals surface area contributed by atoms with Gasteiger partial charge in [0.2, 0.25) is 5.91 Å². The largest absolute Gasteiger partial charge is 0.495 e. The molecule has 1 amide bonds. The molecule has 2 heterocycles. The number of nitrogens with one attached hydrogen (secondary N) is 1. The van der Waals surface area contributed by atoms with Crippen LogP contribution >= 0.6 is 11.3 Å². The minimum atomic E-state index is 0.00737. The number of hydrogen-bond acceptors (Lipinski definition) is 4. The Bertz CT molecular complexity index is 627. The zero-order chi connectivity index (χ0) is 15.4. The number of amides is 1. The van der Waals surface area contributed by atoms with E-state index in [9.17, 15) is 4.79 Å². The van der Waals surface area contributed by atoms with Crippen molar-refractivity contribution in [2.75, 3.05) is 25.5 Å². The summed E-state index contributed by atoms with van der Waals surface area (Å²) in [6.45, 7) is 1.39. The van der Waals surface area contributed by atoms with E-state index >= 15 is 0 Å². The van der Waals surface area contributed by atoms with Crippen LogP contribution in [-0.2, 0) is 4.79 Å². The first-order valence-corrected chi connectivity index (χ1v) is 8.36. The summed E-state index contributed by atoms with van der Waals surface area (Å²) < 4.78 is 5.27. The number of methoxy groups -OCH3 is 1. The molecule has 1 aliphatic heterocycles. The van der Waals surface area contributed by atoms with Crippen molar-refractivity contribution in [2.24, 2.45) is 0 Å². The van der Waals surface area contributed by atoms with E-state index in [4.69, 9.17) is 4.74 Å². The number of hydrogen-bond donors (Lipinski definition) is 1. The van der Waals surface area contributed by atoms with Crippen molar-refractivity contribution in [3.05, 3.63) is 46.7 Å². The van der Waals surface area contributed by atoms with Gasteiger partial charge in [-0.1, -0.05) is 18.2 Å². The second kappa shape index (κ2) is 6.94. The summed E-state index contributed by atoms with van der Waals surface area (Å²) in [5.74, 6) is 0.694. The number of carbonyl (C=O) groups is 1. The van der Waals surface area contributed by atoms with Gasteiger partial charge in [-0.3, -0.25) is 9.69 Å². The Morgan fingerprint density at radius 3 is 3.00 bits per heavy atom. The number of rotatable bonds is 5. The van der Waals surface area contributed by atoms with Crippen molar-refractivity contribution < 1.29 is 9.53 Å². The minimum absolute atomic E-state index is 0.00737. The first-order valence-electron chi connectivity index (χ1n) is 7.48. The summed E-state index contributed by atoms with van der Waals surface area (Å²) in [6.07, 6.45) is 2.27. The Morgan fingerprint density at radius 1 is 1.36 bits per heavy atom. The first kappa shape index (κ1) is 15.1. The molecule has 22 heavy (non-hydrogen) atoms. The molecule has 1 atom stereocenters. The molecule has 0 spiro atoms. The number of likely N-dealkylation sites (tertiary alicyclic amines) is 1. The van der Waals surface area contributed by atoms with Crippen LogP contribution in [0.1, 0.15) is 23.8 Å². The highest BCUT2D eigenvalue weighted by molar-refractivity contribution is 7.10. The van der Waals surface area contributed by atoms with Crippen LogP contribution in [0.5, 0.6) is 5.75 Å². The van der Waals surface area contributed by atoms with Gasteiger partial charge in [-0.2, -0.15) is 0 Å². The molecule has 0 aliphatic carbocycles. The van der Waals surface area contributed by atoms with E-state index in [1.54, 1.807) is 18.4 Å². The standard InChI is InChI=1S/C17H20N2O2S/c1-21-15-8-3-2-6-13(15)18-17(20)12-19-10-4-7-14(19)16-9-5-11-22-16/h2-3,5-6,8-9,11,14H,4,7,10,12H2,1H3,(H,18,20)/t14-/m1/s1. The minimum Gasteiger partial charge on any atom is -0.495 e. The van der Waals surface area contributed by atoms with E-state index in [0.717, 1.165) is 25.1 Å². The Kier molecular flexibility index (Phi) is 4.75. The summed E-state index contributed by atoms with van der Waals surface area (Å²) in [6, 6.07) is 12.1. The lowest BCUT2D eigenvalue weighted by molar-refractivity contribution is -0.117. The van der Waals surface area contributed by atoms with Crippen LogP contribution in [0.25, 0.3) is 0 Å². The average molecular weight is 316 g/mol. The molecule has 1 aromatic carbocycles. The topological polar surface area (TPSA) is 41.6 Å². The number of thiophene rings is 1. The molecule has 2 aromatic rings. The van der Waals surface area contributed by atoms with Crippen molar-refractivity contribution in [1.82, 2.24) is 4.90 Å². The van der Waals surface area contributed by atoms with Gasteiger partial charge >= 0.3 is 0 Å². The lowest BCUT2D eigenvalue weighted by atomic mass is 10.2. The van der Waals surface area contributed by atoms with Gasteiger partial charge in [0.05, 0.1) is 19.3 Å². The SMILES string of the molecule is COc1ccccc1NC(=O)CN1CCC[C@@H]1c1cccs1. The zero-order valence-electron chi connectivity index (χ0n) is 12.6. The van der Waals surface area contributed by atoms with Crippen molar-refractivity contribution in [2.45, 2.75) is 18.9 Å². The van der Waals surface area contributed by atoms with Crippen LogP contribution in [0.4, 0.5) is 5.69 Å². The molecular formula is C17H20N2O2S. The Morgan fingerprint density at radius 2 is 2.23 bits per heavy atom. The fourth-order valence-electron chi connectivity index (χ4n) is 2.94. The van der Waals surface area contributed by atoms with Crippen molar-refractivity contribution in [1.29, 1.82) is 0 Å². The molecule has 0 bridgehead atoms. The fraction of sp³-hybridized carbons (Fsp3) is 0.353. The third-order valence-corrected chi connectivity index (χ3v) is 4.94. The number of ether oxygens (including phenoxy) is 1. The summed E-state index contributed by atoms with van der Waals surface area (Å²) in [5, 5.41) is 5.05. The predicted molar refractivity (Wildman–Crippen MR) is 89.5 cm³/mol. The van der Waals surface area contributed by atoms with Crippen molar-refractivity contribution in [3.8, 4) is 5.75 Å². The molecule has 116 valence electrons. The molecule has 1 fully saturated rings. The Balaban J connectivity index is 1.64.